The van der Waals surface area contributed by atoms with Gasteiger partial charge < -0.3 is 24.9 Å². The molecule has 0 bridgehead atoms. The molecule has 0 atom stereocenters. The fourth-order valence-electron chi connectivity index (χ4n) is 5.12. The highest BCUT2D eigenvalue weighted by atomic mass is 16.3. The van der Waals surface area contributed by atoms with E-state index in [-0.39, 0.29) is 18.2 Å². The Morgan fingerprint density at radius 3 is 2.63 bits per heavy atom. The summed E-state index contributed by atoms with van der Waals surface area (Å²) in [6.45, 7) is 8.50. The number of benzene rings is 1. The molecule has 3 aromatic rings. The van der Waals surface area contributed by atoms with E-state index in [0.29, 0.717) is 50.7 Å². The van der Waals surface area contributed by atoms with E-state index in [1.54, 1.807) is 15.8 Å². The minimum atomic E-state index is -0.124. The number of rotatable bonds is 6. The second-order valence-corrected chi connectivity index (χ2v) is 9.40. The van der Waals surface area contributed by atoms with Gasteiger partial charge in [0.05, 0.1) is 19.4 Å². The zero-order valence-electron chi connectivity index (χ0n) is 20.4. The number of hydrogen-bond acceptors (Lipinski definition) is 6. The molecule has 0 radical (unpaired) electrons. The molecule has 1 aromatic carbocycles. The lowest BCUT2D eigenvalue weighted by Crippen LogP contribution is -2.49. The van der Waals surface area contributed by atoms with Crippen molar-refractivity contribution in [2.45, 2.75) is 39.8 Å². The normalized spacial score (nSPS) is 16.1. The van der Waals surface area contributed by atoms with Crippen LogP contribution >= 0.6 is 0 Å². The quantitative estimate of drug-likeness (QED) is 0.587. The number of furan rings is 1. The van der Waals surface area contributed by atoms with Crippen molar-refractivity contribution in [3.8, 4) is 0 Å². The molecule has 2 aromatic heterocycles. The molecular weight excluding hydrogens is 444 g/mol. The van der Waals surface area contributed by atoms with Crippen LogP contribution in [0, 0.1) is 13.8 Å². The number of hydrogen-bond donors (Lipinski definition) is 1. The summed E-state index contributed by atoms with van der Waals surface area (Å²) in [5.74, 6) is 1.06. The number of nitrogens with zero attached hydrogens (tertiary/aromatic N) is 5. The van der Waals surface area contributed by atoms with Gasteiger partial charge in [0.15, 0.2) is 0 Å². The third-order valence-electron chi connectivity index (χ3n) is 6.99. The Kier molecular flexibility index (Phi) is 6.23. The Morgan fingerprint density at radius 1 is 1.11 bits per heavy atom. The van der Waals surface area contributed by atoms with Crippen LogP contribution in [0.1, 0.15) is 39.4 Å². The van der Waals surface area contributed by atoms with Gasteiger partial charge in [-0.3, -0.25) is 14.3 Å². The molecule has 9 nitrogen and oxygen atoms in total. The molecule has 184 valence electrons. The van der Waals surface area contributed by atoms with Crippen LogP contribution < -0.4 is 10.6 Å². The first-order valence-electron chi connectivity index (χ1n) is 12.2. The number of fused-ring (bicyclic) bond motifs is 1. The number of piperazine rings is 1. The van der Waals surface area contributed by atoms with E-state index in [9.17, 15) is 9.59 Å². The van der Waals surface area contributed by atoms with Gasteiger partial charge in [0.1, 0.15) is 17.3 Å². The molecule has 0 aliphatic carbocycles. The number of nitrogen functional groups attached to an aromatic ring is 1. The maximum Gasteiger partial charge on any atom is 0.272 e. The highest BCUT2D eigenvalue weighted by Crippen LogP contribution is 2.26. The summed E-state index contributed by atoms with van der Waals surface area (Å²) in [4.78, 5) is 32.2. The van der Waals surface area contributed by atoms with Gasteiger partial charge in [0, 0.05) is 50.4 Å². The Morgan fingerprint density at radius 2 is 1.91 bits per heavy atom. The van der Waals surface area contributed by atoms with E-state index in [4.69, 9.17) is 10.2 Å². The summed E-state index contributed by atoms with van der Waals surface area (Å²) in [5.41, 5.74) is 11.1. The molecule has 2 aliphatic rings. The van der Waals surface area contributed by atoms with Gasteiger partial charge in [-0.25, -0.2) is 0 Å². The van der Waals surface area contributed by atoms with Gasteiger partial charge in [-0.1, -0.05) is 17.7 Å². The topological polar surface area (TPSA) is 101 Å². The standard InChI is InChI=1S/C26H32N6O3/c1-18-5-6-22(19(2)16-18)29-11-13-30(14-12-29)23(33)8-10-32-24-21(25(27)28-32)7-9-31(26(24)34)17-20-4-3-15-35-20/h3-6,15-16H,7-14,17H2,1-2H3,(H2,27,28). The van der Waals surface area contributed by atoms with Crippen LogP contribution in [-0.2, 0) is 24.3 Å². The molecule has 1 fully saturated rings. The summed E-state index contributed by atoms with van der Waals surface area (Å²) in [5, 5.41) is 4.40. The lowest BCUT2D eigenvalue weighted by Gasteiger charge is -2.37. The zero-order chi connectivity index (χ0) is 24.5. The Bertz CT molecular complexity index is 1220. The number of nitrogens with two attached hydrogens (primary N) is 1. The van der Waals surface area contributed by atoms with Gasteiger partial charge in [-0.15, -0.1) is 0 Å². The highest BCUT2D eigenvalue weighted by Gasteiger charge is 2.32. The van der Waals surface area contributed by atoms with Gasteiger partial charge in [-0.2, -0.15) is 5.10 Å². The minimum absolute atomic E-state index is 0.0730. The molecule has 1 saturated heterocycles. The molecule has 35 heavy (non-hydrogen) atoms. The van der Waals surface area contributed by atoms with Crippen molar-refractivity contribution < 1.29 is 14.0 Å². The highest BCUT2D eigenvalue weighted by molar-refractivity contribution is 5.96. The third-order valence-corrected chi connectivity index (χ3v) is 6.99. The molecule has 4 heterocycles. The average molecular weight is 477 g/mol. The number of carbonyl (C=O) groups excluding carboxylic acids is 2. The van der Waals surface area contributed by atoms with Crippen molar-refractivity contribution in [2.24, 2.45) is 0 Å². The van der Waals surface area contributed by atoms with Crippen LogP contribution in [-0.4, -0.2) is 64.1 Å². The van der Waals surface area contributed by atoms with E-state index >= 15 is 0 Å². The fraction of sp³-hybridized carbons (Fsp3) is 0.423. The summed E-state index contributed by atoms with van der Waals surface area (Å²) in [6.07, 6.45) is 2.52. The van der Waals surface area contributed by atoms with E-state index < -0.39 is 0 Å². The van der Waals surface area contributed by atoms with Crippen LogP contribution in [0.4, 0.5) is 11.5 Å². The van der Waals surface area contributed by atoms with E-state index in [1.807, 2.05) is 17.0 Å². The Labute approximate surface area is 205 Å². The van der Waals surface area contributed by atoms with E-state index in [0.717, 1.165) is 24.4 Å². The first-order chi connectivity index (χ1) is 16.9. The molecule has 2 N–H and O–H groups in total. The van der Waals surface area contributed by atoms with E-state index in [2.05, 4.69) is 42.0 Å². The SMILES string of the molecule is Cc1ccc(N2CCN(C(=O)CCn3nc(N)c4c3C(=O)N(Cc3ccco3)CC4)CC2)c(C)c1. The average Bonchev–Trinajstić information content (AvgIpc) is 3.47. The molecule has 5 rings (SSSR count). The predicted molar refractivity (Wildman–Crippen MR) is 133 cm³/mol. The predicted octanol–water partition coefficient (Wildman–Crippen LogP) is 2.61. The van der Waals surface area contributed by atoms with Crippen molar-refractivity contribution in [2.75, 3.05) is 43.4 Å². The summed E-state index contributed by atoms with van der Waals surface area (Å²) >= 11 is 0. The van der Waals surface area contributed by atoms with Gasteiger partial charge in [0.25, 0.3) is 5.91 Å². The number of anilines is 2. The second kappa shape index (κ2) is 9.48. The molecule has 2 amide bonds. The first kappa shape index (κ1) is 23.0. The molecule has 0 unspecified atom stereocenters. The zero-order valence-corrected chi connectivity index (χ0v) is 20.4. The number of carbonyl (C=O) groups is 2. The smallest absolute Gasteiger partial charge is 0.272 e. The van der Waals surface area contributed by atoms with Crippen LogP contribution in [0.15, 0.2) is 41.0 Å². The molecule has 9 heteroatoms. The lowest BCUT2D eigenvalue weighted by molar-refractivity contribution is -0.131. The van der Waals surface area contributed by atoms with Crippen molar-refractivity contribution in [1.29, 1.82) is 0 Å². The van der Waals surface area contributed by atoms with Gasteiger partial charge in [-0.05, 0) is 44.0 Å². The van der Waals surface area contributed by atoms with E-state index in [1.165, 1.54) is 16.8 Å². The van der Waals surface area contributed by atoms with Crippen LogP contribution in [0.3, 0.4) is 0 Å². The van der Waals surface area contributed by atoms with Crippen molar-refractivity contribution in [3.63, 3.8) is 0 Å². The van der Waals surface area contributed by atoms with Crippen molar-refractivity contribution >= 4 is 23.3 Å². The summed E-state index contributed by atoms with van der Waals surface area (Å²) < 4.78 is 7.02. The summed E-state index contributed by atoms with van der Waals surface area (Å²) in [6, 6.07) is 10.2. The third kappa shape index (κ3) is 4.62. The van der Waals surface area contributed by atoms with Crippen molar-refractivity contribution in [3.05, 3.63) is 64.7 Å². The summed E-state index contributed by atoms with van der Waals surface area (Å²) in [7, 11) is 0. The maximum absolute atomic E-state index is 13.2. The molecule has 0 spiro atoms. The molecular formula is C26H32N6O3. The van der Waals surface area contributed by atoms with Gasteiger partial charge >= 0.3 is 0 Å². The number of aryl methyl sites for hydroxylation is 3. The second-order valence-electron chi connectivity index (χ2n) is 9.40. The maximum atomic E-state index is 13.2. The first-order valence-corrected chi connectivity index (χ1v) is 12.2. The van der Waals surface area contributed by atoms with Crippen LogP contribution in [0.5, 0.6) is 0 Å². The van der Waals surface area contributed by atoms with Crippen LogP contribution in [0.25, 0.3) is 0 Å². The Hall–Kier alpha value is -3.75. The van der Waals surface area contributed by atoms with Crippen molar-refractivity contribution in [1.82, 2.24) is 19.6 Å². The molecule has 2 aliphatic heterocycles. The minimum Gasteiger partial charge on any atom is -0.467 e. The molecule has 0 saturated carbocycles. The fourth-order valence-corrected chi connectivity index (χ4v) is 5.12. The largest absolute Gasteiger partial charge is 0.467 e. The number of amides is 2. The van der Waals surface area contributed by atoms with Crippen LogP contribution in [0.2, 0.25) is 0 Å². The Balaban J connectivity index is 1.20. The number of aromatic nitrogens is 2. The lowest BCUT2D eigenvalue weighted by atomic mass is 10.1. The monoisotopic (exact) mass is 476 g/mol. The van der Waals surface area contributed by atoms with Gasteiger partial charge in [0.2, 0.25) is 5.91 Å².